The summed E-state index contributed by atoms with van der Waals surface area (Å²) in [7, 11) is 1.73. The highest BCUT2D eigenvalue weighted by Gasteiger charge is 2.15. The van der Waals surface area contributed by atoms with Gasteiger partial charge in [0.2, 0.25) is 5.91 Å². The van der Waals surface area contributed by atoms with Gasteiger partial charge in [-0.3, -0.25) is 9.59 Å². The smallest absolute Gasteiger partial charge is 0.252 e. The van der Waals surface area contributed by atoms with Crippen LogP contribution in [-0.4, -0.2) is 29.9 Å². The minimum absolute atomic E-state index is 0.338. The van der Waals surface area contributed by atoms with Crippen LogP contribution in [0.2, 0.25) is 0 Å². The standard InChI is InChI=1S/C12H18N4O2/c1-4-9-5-8(6-10(14-3)16-9)12(18)15-7(2)11(13)17/h5-7H,4H2,1-3H3,(H2,13,17)(H,14,16)(H,15,18). The number of primary amides is 1. The molecule has 0 aliphatic rings. The maximum absolute atomic E-state index is 11.9. The first-order valence-corrected chi connectivity index (χ1v) is 5.76. The lowest BCUT2D eigenvalue weighted by atomic mass is 10.1. The Kier molecular flexibility index (Phi) is 4.65. The first kappa shape index (κ1) is 14.0. The number of aryl methyl sites for hydroxylation is 1. The Hall–Kier alpha value is -2.11. The van der Waals surface area contributed by atoms with Crippen LogP contribution in [0, 0.1) is 0 Å². The van der Waals surface area contributed by atoms with Gasteiger partial charge >= 0.3 is 0 Å². The SMILES string of the molecule is CCc1cc(C(=O)NC(C)C(N)=O)cc(NC)n1. The number of carbonyl (C=O) groups excluding carboxylic acids is 2. The Labute approximate surface area is 106 Å². The molecule has 0 fully saturated rings. The Bertz CT molecular complexity index is 437. The average Bonchev–Trinajstić information content (AvgIpc) is 2.37. The topological polar surface area (TPSA) is 97.1 Å². The van der Waals surface area contributed by atoms with Gasteiger partial charge in [-0.1, -0.05) is 6.92 Å². The van der Waals surface area contributed by atoms with E-state index in [2.05, 4.69) is 15.6 Å². The number of carbonyl (C=O) groups is 2. The Morgan fingerprint density at radius 1 is 1.44 bits per heavy atom. The fourth-order valence-electron chi connectivity index (χ4n) is 1.38. The molecule has 0 aliphatic carbocycles. The molecule has 1 heterocycles. The highest BCUT2D eigenvalue weighted by atomic mass is 16.2. The number of hydrogen-bond acceptors (Lipinski definition) is 4. The van der Waals surface area contributed by atoms with Gasteiger partial charge in [0.25, 0.3) is 5.91 Å². The number of aromatic nitrogens is 1. The molecule has 18 heavy (non-hydrogen) atoms. The van der Waals surface area contributed by atoms with Crippen LogP contribution >= 0.6 is 0 Å². The third-order valence-electron chi connectivity index (χ3n) is 2.53. The van der Waals surface area contributed by atoms with E-state index < -0.39 is 11.9 Å². The number of nitrogens with zero attached hydrogens (tertiary/aromatic N) is 1. The molecule has 1 unspecified atom stereocenters. The van der Waals surface area contributed by atoms with Gasteiger partial charge in [0, 0.05) is 18.3 Å². The number of pyridine rings is 1. The molecule has 0 radical (unpaired) electrons. The Morgan fingerprint density at radius 2 is 2.11 bits per heavy atom. The van der Waals surface area contributed by atoms with Gasteiger partial charge < -0.3 is 16.4 Å². The monoisotopic (exact) mass is 250 g/mol. The molecule has 0 bridgehead atoms. The van der Waals surface area contributed by atoms with Gasteiger partial charge in [0.05, 0.1) is 0 Å². The summed E-state index contributed by atoms with van der Waals surface area (Å²) in [6.07, 6.45) is 0.723. The van der Waals surface area contributed by atoms with Crippen molar-refractivity contribution in [3.05, 3.63) is 23.4 Å². The minimum Gasteiger partial charge on any atom is -0.373 e. The molecule has 1 atom stereocenters. The van der Waals surface area contributed by atoms with Crippen molar-refractivity contribution in [3.8, 4) is 0 Å². The van der Waals surface area contributed by atoms with Crippen molar-refractivity contribution >= 4 is 17.6 Å². The van der Waals surface area contributed by atoms with Crippen molar-refractivity contribution in [1.82, 2.24) is 10.3 Å². The molecule has 0 saturated carbocycles. The van der Waals surface area contributed by atoms with Crippen LogP contribution in [0.4, 0.5) is 5.82 Å². The first-order valence-electron chi connectivity index (χ1n) is 5.76. The van der Waals surface area contributed by atoms with E-state index in [-0.39, 0.29) is 5.91 Å². The zero-order chi connectivity index (χ0) is 13.7. The maximum Gasteiger partial charge on any atom is 0.252 e. The summed E-state index contributed by atoms with van der Waals surface area (Å²) in [5.41, 5.74) is 6.36. The second-order valence-electron chi connectivity index (χ2n) is 3.93. The van der Waals surface area contributed by atoms with Crippen molar-refractivity contribution < 1.29 is 9.59 Å². The predicted octanol–water partition coefficient (Wildman–Crippen LogP) is 0.289. The molecule has 0 aromatic carbocycles. The van der Waals surface area contributed by atoms with Crippen molar-refractivity contribution in [2.24, 2.45) is 5.73 Å². The lowest BCUT2D eigenvalue weighted by molar-refractivity contribution is -0.119. The van der Waals surface area contributed by atoms with Crippen LogP contribution in [0.25, 0.3) is 0 Å². The van der Waals surface area contributed by atoms with E-state index in [1.165, 1.54) is 0 Å². The normalized spacial score (nSPS) is 11.7. The molecule has 98 valence electrons. The number of rotatable bonds is 5. The summed E-state index contributed by atoms with van der Waals surface area (Å²) in [6, 6.07) is 2.63. The van der Waals surface area contributed by atoms with E-state index in [1.807, 2.05) is 6.92 Å². The van der Waals surface area contributed by atoms with Crippen LogP contribution in [-0.2, 0) is 11.2 Å². The number of amides is 2. The summed E-state index contributed by atoms with van der Waals surface area (Å²) in [4.78, 5) is 27.1. The Morgan fingerprint density at radius 3 is 2.61 bits per heavy atom. The van der Waals surface area contributed by atoms with Gasteiger partial charge in [0.1, 0.15) is 11.9 Å². The molecular weight excluding hydrogens is 232 g/mol. The first-order chi connectivity index (χ1) is 8.47. The summed E-state index contributed by atoms with van der Waals surface area (Å²) in [5.74, 6) is -0.289. The number of anilines is 1. The second-order valence-corrected chi connectivity index (χ2v) is 3.93. The fourth-order valence-corrected chi connectivity index (χ4v) is 1.38. The van der Waals surface area contributed by atoms with Gasteiger partial charge in [-0.2, -0.15) is 0 Å². The molecular formula is C12H18N4O2. The van der Waals surface area contributed by atoms with Crippen LogP contribution in [0.1, 0.15) is 29.9 Å². The maximum atomic E-state index is 11.9. The Balaban J connectivity index is 2.94. The number of hydrogen-bond donors (Lipinski definition) is 3. The second kappa shape index (κ2) is 6.00. The lowest BCUT2D eigenvalue weighted by Gasteiger charge is -2.11. The summed E-state index contributed by atoms with van der Waals surface area (Å²) in [6.45, 7) is 3.50. The van der Waals surface area contributed by atoms with E-state index in [0.29, 0.717) is 11.4 Å². The quantitative estimate of drug-likeness (QED) is 0.699. The van der Waals surface area contributed by atoms with E-state index in [4.69, 9.17) is 5.73 Å². The molecule has 1 rings (SSSR count). The molecule has 6 nitrogen and oxygen atoms in total. The molecule has 0 saturated heterocycles. The van der Waals surface area contributed by atoms with Gasteiger partial charge in [-0.25, -0.2) is 4.98 Å². The average molecular weight is 250 g/mol. The molecule has 0 spiro atoms. The van der Waals surface area contributed by atoms with Crippen molar-refractivity contribution in [1.29, 1.82) is 0 Å². The van der Waals surface area contributed by atoms with Crippen LogP contribution in [0.15, 0.2) is 12.1 Å². The zero-order valence-corrected chi connectivity index (χ0v) is 10.8. The summed E-state index contributed by atoms with van der Waals surface area (Å²) in [5, 5.41) is 5.42. The van der Waals surface area contributed by atoms with Gasteiger partial charge in [-0.05, 0) is 25.5 Å². The van der Waals surface area contributed by atoms with Crippen LogP contribution in [0.5, 0.6) is 0 Å². The number of nitrogens with two attached hydrogens (primary N) is 1. The van der Waals surface area contributed by atoms with Gasteiger partial charge in [-0.15, -0.1) is 0 Å². The van der Waals surface area contributed by atoms with E-state index >= 15 is 0 Å². The minimum atomic E-state index is -0.700. The van der Waals surface area contributed by atoms with Crippen molar-refractivity contribution in [2.75, 3.05) is 12.4 Å². The van der Waals surface area contributed by atoms with E-state index in [0.717, 1.165) is 12.1 Å². The molecule has 1 aromatic heterocycles. The van der Waals surface area contributed by atoms with Gasteiger partial charge in [0.15, 0.2) is 0 Å². The third kappa shape index (κ3) is 3.44. The zero-order valence-electron chi connectivity index (χ0n) is 10.8. The fraction of sp³-hybridized carbons (Fsp3) is 0.417. The third-order valence-corrected chi connectivity index (χ3v) is 2.53. The largest absolute Gasteiger partial charge is 0.373 e. The van der Waals surface area contributed by atoms with E-state index in [9.17, 15) is 9.59 Å². The molecule has 2 amide bonds. The van der Waals surface area contributed by atoms with Crippen molar-refractivity contribution in [2.45, 2.75) is 26.3 Å². The molecule has 1 aromatic rings. The number of nitrogens with one attached hydrogen (secondary N) is 2. The molecule has 0 aliphatic heterocycles. The highest BCUT2D eigenvalue weighted by molar-refractivity contribution is 5.97. The van der Waals surface area contributed by atoms with E-state index in [1.54, 1.807) is 26.1 Å². The molecule has 6 heteroatoms. The lowest BCUT2D eigenvalue weighted by Crippen LogP contribution is -2.42. The van der Waals surface area contributed by atoms with Crippen molar-refractivity contribution in [3.63, 3.8) is 0 Å². The molecule has 4 N–H and O–H groups in total. The summed E-state index contributed by atoms with van der Waals surface area (Å²) < 4.78 is 0. The van der Waals surface area contributed by atoms with Crippen LogP contribution < -0.4 is 16.4 Å². The van der Waals surface area contributed by atoms with Crippen LogP contribution in [0.3, 0.4) is 0 Å². The highest BCUT2D eigenvalue weighted by Crippen LogP contribution is 2.11. The summed E-state index contributed by atoms with van der Waals surface area (Å²) >= 11 is 0. The predicted molar refractivity (Wildman–Crippen MR) is 69.3 cm³/mol.